The van der Waals surface area contributed by atoms with E-state index in [-0.39, 0.29) is 18.8 Å². The molecule has 102 valence electrons. The average molecular weight is 282 g/mol. The van der Waals surface area contributed by atoms with Gasteiger partial charge in [0.05, 0.1) is 35.8 Å². The second-order valence-electron chi connectivity index (χ2n) is 3.87. The molecule has 0 fully saturated rings. The fraction of sp³-hybridized carbons (Fsp3) is 0.455. The van der Waals surface area contributed by atoms with Crippen LogP contribution < -0.4 is 0 Å². The Morgan fingerprint density at radius 2 is 2.21 bits per heavy atom. The van der Waals surface area contributed by atoms with Gasteiger partial charge in [0.15, 0.2) is 5.69 Å². The molecule has 0 saturated carbocycles. The first kappa shape index (κ1) is 13.6. The van der Waals surface area contributed by atoms with Crippen LogP contribution in [0.4, 0.5) is 0 Å². The van der Waals surface area contributed by atoms with Gasteiger partial charge in [-0.2, -0.15) is 0 Å². The molecule has 0 aliphatic rings. The van der Waals surface area contributed by atoms with Gasteiger partial charge in [-0.15, -0.1) is 16.4 Å². The first-order valence-corrected chi connectivity index (χ1v) is 6.47. The van der Waals surface area contributed by atoms with Crippen molar-refractivity contribution in [2.24, 2.45) is 0 Å². The van der Waals surface area contributed by atoms with Crippen molar-refractivity contribution in [3.63, 3.8) is 0 Å². The fourth-order valence-electron chi connectivity index (χ4n) is 1.77. The Labute approximate surface area is 113 Å². The lowest BCUT2D eigenvalue weighted by Crippen LogP contribution is -2.08. The summed E-state index contributed by atoms with van der Waals surface area (Å²) >= 11 is 1.45. The molecule has 0 saturated heterocycles. The first-order valence-electron chi connectivity index (χ1n) is 5.65. The van der Waals surface area contributed by atoms with Crippen LogP contribution in [0.15, 0.2) is 0 Å². The zero-order chi connectivity index (χ0) is 14.0. The Balaban J connectivity index is 2.60. The molecule has 0 amide bonds. The van der Waals surface area contributed by atoms with Crippen molar-refractivity contribution in [2.75, 3.05) is 13.7 Å². The van der Waals surface area contributed by atoms with Crippen LogP contribution in [0.2, 0.25) is 0 Å². The van der Waals surface area contributed by atoms with E-state index in [1.165, 1.54) is 23.1 Å². The molecule has 0 aliphatic carbocycles. The summed E-state index contributed by atoms with van der Waals surface area (Å²) < 4.78 is 6.20. The van der Waals surface area contributed by atoms with E-state index in [1.807, 2.05) is 13.8 Å². The van der Waals surface area contributed by atoms with Gasteiger partial charge in [-0.1, -0.05) is 5.21 Å². The SMILES string of the molecule is COC(=O)c1nnn(CCO)c1-c1sc(C)nc1C. The van der Waals surface area contributed by atoms with Crippen molar-refractivity contribution in [1.82, 2.24) is 20.0 Å². The predicted molar refractivity (Wildman–Crippen MR) is 69.0 cm³/mol. The number of hydrogen-bond acceptors (Lipinski definition) is 7. The number of esters is 1. The lowest BCUT2D eigenvalue weighted by atomic mass is 10.2. The van der Waals surface area contributed by atoms with Crippen LogP contribution in [0.25, 0.3) is 10.6 Å². The summed E-state index contributed by atoms with van der Waals surface area (Å²) in [6.07, 6.45) is 0. The molecule has 0 aliphatic heterocycles. The summed E-state index contributed by atoms with van der Waals surface area (Å²) in [5.41, 5.74) is 1.49. The number of carbonyl (C=O) groups excluding carboxylic acids is 1. The zero-order valence-corrected chi connectivity index (χ0v) is 11.7. The van der Waals surface area contributed by atoms with E-state index in [1.54, 1.807) is 0 Å². The number of thiazole rings is 1. The van der Waals surface area contributed by atoms with E-state index in [4.69, 9.17) is 9.84 Å². The standard InChI is InChI=1S/C11H14N4O3S/c1-6-10(19-7(2)12-6)9-8(11(17)18-3)13-14-15(9)4-5-16/h16H,4-5H2,1-3H3. The number of carbonyl (C=O) groups is 1. The quantitative estimate of drug-likeness (QED) is 0.834. The molecule has 1 N–H and O–H groups in total. The highest BCUT2D eigenvalue weighted by Crippen LogP contribution is 2.31. The largest absolute Gasteiger partial charge is 0.464 e. The van der Waals surface area contributed by atoms with Crippen molar-refractivity contribution in [2.45, 2.75) is 20.4 Å². The highest BCUT2D eigenvalue weighted by atomic mass is 32.1. The Bertz CT molecular complexity index is 605. The summed E-state index contributed by atoms with van der Waals surface area (Å²) in [4.78, 5) is 16.9. The van der Waals surface area contributed by atoms with E-state index in [9.17, 15) is 4.79 Å². The van der Waals surface area contributed by atoms with Crippen molar-refractivity contribution in [3.05, 3.63) is 16.4 Å². The molecule has 0 atom stereocenters. The van der Waals surface area contributed by atoms with Crippen molar-refractivity contribution >= 4 is 17.3 Å². The lowest BCUT2D eigenvalue weighted by Gasteiger charge is -2.04. The Morgan fingerprint density at radius 1 is 1.47 bits per heavy atom. The highest BCUT2D eigenvalue weighted by Gasteiger charge is 2.24. The van der Waals surface area contributed by atoms with E-state index in [2.05, 4.69) is 15.3 Å². The van der Waals surface area contributed by atoms with Crippen LogP contribution in [0.5, 0.6) is 0 Å². The van der Waals surface area contributed by atoms with Gasteiger partial charge in [0.1, 0.15) is 5.69 Å². The van der Waals surface area contributed by atoms with Gasteiger partial charge in [0.2, 0.25) is 0 Å². The van der Waals surface area contributed by atoms with E-state index in [0.29, 0.717) is 5.69 Å². The molecule has 7 nitrogen and oxygen atoms in total. The predicted octanol–water partition coefficient (Wildman–Crippen LogP) is 0.797. The molecule has 2 heterocycles. The van der Waals surface area contributed by atoms with Gasteiger partial charge in [-0.25, -0.2) is 14.5 Å². The maximum Gasteiger partial charge on any atom is 0.360 e. The number of rotatable bonds is 4. The van der Waals surface area contributed by atoms with Crippen LogP contribution in [0.1, 0.15) is 21.2 Å². The normalized spacial score (nSPS) is 10.7. The molecule has 8 heteroatoms. The monoisotopic (exact) mass is 282 g/mol. The third-order valence-electron chi connectivity index (χ3n) is 2.54. The molecule has 0 bridgehead atoms. The number of hydrogen-bond donors (Lipinski definition) is 1. The summed E-state index contributed by atoms with van der Waals surface area (Å²) in [5.74, 6) is -0.551. The molecular weight excluding hydrogens is 268 g/mol. The minimum Gasteiger partial charge on any atom is -0.464 e. The molecular formula is C11H14N4O3S. The summed E-state index contributed by atoms with van der Waals surface area (Å²) in [7, 11) is 1.29. The van der Waals surface area contributed by atoms with Crippen LogP contribution in [0.3, 0.4) is 0 Å². The van der Waals surface area contributed by atoms with Gasteiger partial charge in [-0.3, -0.25) is 0 Å². The minimum atomic E-state index is -0.551. The molecule has 0 spiro atoms. The van der Waals surface area contributed by atoms with Crippen LogP contribution in [-0.4, -0.2) is 44.8 Å². The Hall–Kier alpha value is -1.80. The highest BCUT2D eigenvalue weighted by molar-refractivity contribution is 7.15. The first-order chi connectivity index (χ1) is 9.08. The second kappa shape index (κ2) is 5.45. The third kappa shape index (κ3) is 2.49. The number of nitrogens with zero attached hydrogens (tertiary/aromatic N) is 4. The zero-order valence-electron chi connectivity index (χ0n) is 10.9. The number of aliphatic hydroxyl groups is 1. The summed E-state index contributed by atoms with van der Waals surface area (Å²) in [5, 5.41) is 17.7. The second-order valence-corrected chi connectivity index (χ2v) is 5.08. The third-order valence-corrected chi connectivity index (χ3v) is 3.62. The smallest absolute Gasteiger partial charge is 0.360 e. The number of ether oxygens (including phenoxy) is 1. The van der Waals surface area contributed by atoms with Crippen LogP contribution in [-0.2, 0) is 11.3 Å². The number of aliphatic hydroxyl groups excluding tert-OH is 1. The average Bonchev–Trinajstić information content (AvgIpc) is 2.92. The molecule has 2 rings (SSSR count). The Kier molecular flexibility index (Phi) is 3.91. The van der Waals surface area contributed by atoms with Crippen molar-refractivity contribution < 1.29 is 14.6 Å². The number of methoxy groups -OCH3 is 1. The molecule has 0 aromatic carbocycles. The van der Waals surface area contributed by atoms with Crippen molar-refractivity contribution in [3.8, 4) is 10.6 Å². The van der Waals surface area contributed by atoms with Crippen LogP contribution in [0, 0.1) is 13.8 Å². The Morgan fingerprint density at radius 3 is 2.74 bits per heavy atom. The van der Waals surface area contributed by atoms with Crippen LogP contribution >= 0.6 is 11.3 Å². The van der Waals surface area contributed by atoms with Gasteiger partial charge in [-0.05, 0) is 13.8 Å². The topological polar surface area (TPSA) is 90.1 Å². The molecule has 2 aromatic rings. The number of aryl methyl sites for hydroxylation is 2. The summed E-state index contributed by atoms with van der Waals surface area (Å²) in [6, 6.07) is 0. The van der Waals surface area contributed by atoms with Crippen molar-refractivity contribution in [1.29, 1.82) is 0 Å². The van der Waals surface area contributed by atoms with Gasteiger partial charge >= 0.3 is 5.97 Å². The fourth-order valence-corrected chi connectivity index (χ4v) is 2.74. The van der Waals surface area contributed by atoms with E-state index in [0.717, 1.165) is 15.6 Å². The van der Waals surface area contributed by atoms with E-state index < -0.39 is 5.97 Å². The maximum atomic E-state index is 11.7. The van der Waals surface area contributed by atoms with Gasteiger partial charge < -0.3 is 9.84 Å². The van der Waals surface area contributed by atoms with Gasteiger partial charge in [0, 0.05) is 0 Å². The molecule has 19 heavy (non-hydrogen) atoms. The molecule has 0 radical (unpaired) electrons. The molecule has 0 unspecified atom stereocenters. The van der Waals surface area contributed by atoms with E-state index >= 15 is 0 Å². The summed E-state index contributed by atoms with van der Waals surface area (Å²) in [6.45, 7) is 3.92. The lowest BCUT2D eigenvalue weighted by molar-refractivity contribution is 0.0595. The molecule has 2 aromatic heterocycles. The van der Waals surface area contributed by atoms with Gasteiger partial charge in [0.25, 0.3) is 0 Å². The maximum absolute atomic E-state index is 11.7. The number of aromatic nitrogens is 4. The minimum absolute atomic E-state index is 0.0895.